The summed E-state index contributed by atoms with van der Waals surface area (Å²) in [6.45, 7) is 5.02. The minimum absolute atomic E-state index is 0.632. The van der Waals surface area contributed by atoms with Crippen LogP contribution < -0.4 is 4.74 Å². The first kappa shape index (κ1) is 13.3. The fourth-order valence-corrected chi connectivity index (χ4v) is 1.26. The molecule has 0 aliphatic rings. The lowest BCUT2D eigenvalue weighted by molar-refractivity contribution is -0.131. The molecule has 0 saturated heterocycles. The van der Waals surface area contributed by atoms with Crippen molar-refractivity contribution in [3.05, 3.63) is 35.9 Å². The van der Waals surface area contributed by atoms with Gasteiger partial charge in [0.15, 0.2) is 0 Å². The molecule has 0 aromatic heterocycles. The number of ether oxygens (including phenoxy) is 1. The maximum Gasteiger partial charge on any atom is 0.328 e. The van der Waals surface area contributed by atoms with Gasteiger partial charge in [-0.3, -0.25) is 0 Å². The van der Waals surface area contributed by atoms with Crippen molar-refractivity contribution in [2.45, 2.75) is 20.3 Å². The number of hydrogen-bond acceptors (Lipinski definition) is 2. The highest BCUT2D eigenvalue weighted by molar-refractivity contribution is 5.85. The highest BCUT2D eigenvalue weighted by Crippen LogP contribution is 2.14. The fourth-order valence-electron chi connectivity index (χ4n) is 1.26. The van der Waals surface area contributed by atoms with Gasteiger partial charge in [-0.1, -0.05) is 26.0 Å². The minimum atomic E-state index is -0.942. The average molecular weight is 234 g/mol. The highest BCUT2D eigenvalue weighted by Gasteiger charge is 1.96. The van der Waals surface area contributed by atoms with Crippen molar-refractivity contribution in [3.63, 3.8) is 0 Å². The second-order valence-electron chi connectivity index (χ2n) is 4.27. The first-order valence-corrected chi connectivity index (χ1v) is 5.72. The van der Waals surface area contributed by atoms with Gasteiger partial charge in [-0.25, -0.2) is 4.79 Å². The molecule has 0 fully saturated rings. The van der Waals surface area contributed by atoms with Gasteiger partial charge in [-0.2, -0.15) is 0 Å². The average Bonchev–Trinajstić information content (AvgIpc) is 2.27. The quantitative estimate of drug-likeness (QED) is 0.769. The van der Waals surface area contributed by atoms with E-state index < -0.39 is 5.97 Å². The summed E-state index contributed by atoms with van der Waals surface area (Å²) in [5.41, 5.74) is 0.851. The van der Waals surface area contributed by atoms with E-state index in [0.717, 1.165) is 23.8 Å². The Morgan fingerprint density at radius 3 is 2.53 bits per heavy atom. The molecule has 1 aromatic rings. The van der Waals surface area contributed by atoms with E-state index in [9.17, 15) is 4.79 Å². The maximum atomic E-state index is 10.3. The van der Waals surface area contributed by atoms with Crippen LogP contribution in [0.25, 0.3) is 6.08 Å². The number of hydrogen-bond donors (Lipinski definition) is 1. The molecule has 0 heterocycles. The van der Waals surface area contributed by atoms with Crippen molar-refractivity contribution in [1.82, 2.24) is 0 Å². The van der Waals surface area contributed by atoms with Crippen molar-refractivity contribution in [3.8, 4) is 5.75 Å². The molecular weight excluding hydrogens is 216 g/mol. The van der Waals surface area contributed by atoms with Gasteiger partial charge in [-0.15, -0.1) is 0 Å². The Hall–Kier alpha value is -1.77. The Kier molecular flexibility index (Phi) is 5.27. The molecule has 1 rings (SSSR count). The fraction of sp³-hybridized carbons (Fsp3) is 0.357. The predicted octanol–water partition coefficient (Wildman–Crippen LogP) is 3.21. The summed E-state index contributed by atoms with van der Waals surface area (Å²) in [6, 6.07) is 7.37. The van der Waals surface area contributed by atoms with E-state index in [0.29, 0.717) is 12.5 Å². The summed E-state index contributed by atoms with van der Waals surface area (Å²) in [5, 5.41) is 8.49. The van der Waals surface area contributed by atoms with Crippen LogP contribution in [0.3, 0.4) is 0 Å². The van der Waals surface area contributed by atoms with E-state index in [4.69, 9.17) is 9.84 Å². The van der Waals surface area contributed by atoms with E-state index in [1.165, 1.54) is 0 Å². The molecular formula is C14H18O3. The normalized spacial score (nSPS) is 11.0. The molecule has 0 spiro atoms. The van der Waals surface area contributed by atoms with Crippen molar-refractivity contribution >= 4 is 12.0 Å². The van der Waals surface area contributed by atoms with E-state index in [-0.39, 0.29) is 0 Å². The summed E-state index contributed by atoms with van der Waals surface area (Å²) < 4.78 is 5.56. The Balaban J connectivity index is 2.47. The van der Waals surface area contributed by atoms with Crippen LogP contribution in [0.4, 0.5) is 0 Å². The van der Waals surface area contributed by atoms with E-state index in [1.54, 1.807) is 6.08 Å². The minimum Gasteiger partial charge on any atom is -0.494 e. The summed E-state index contributed by atoms with van der Waals surface area (Å²) in [7, 11) is 0. The lowest BCUT2D eigenvalue weighted by atomic mass is 10.1. The van der Waals surface area contributed by atoms with Gasteiger partial charge in [0, 0.05) is 6.08 Å². The second-order valence-corrected chi connectivity index (χ2v) is 4.27. The molecule has 1 N–H and O–H groups in total. The van der Waals surface area contributed by atoms with Gasteiger partial charge in [0.05, 0.1) is 6.61 Å². The topological polar surface area (TPSA) is 46.5 Å². The molecule has 0 atom stereocenters. The van der Waals surface area contributed by atoms with Crippen LogP contribution in [-0.4, -0.2) is 17.7 Å². The Bertz CT molecular complexity index is 377. The van der Waals surface area contributed by atoms with E-state index in [2.05, 4.69) is 13.8 Å². The third-order valence-corrected chi connectivity index (χ3v) is 2.26. The highest BCUT2D eigenvalue weighted by atomic mass is 16.5. The molecule has 3 nitrogen and oxygen atoms in total. The van der Waals surface area contributed by atoms with Crippen LogP contribution in [0.1, 0.15) is 25.8 Å². The Morgan fingerprint density at radius 1 is 1.35 bits per heavy atom. The lowest BCUT2D eigenvalue weighted by Gasteiger charge is -2.07. The van der Waals surface area contributed by atoms with Gasteiger partial charge < -0.3 is 9.84 Å². The Labute approximate surface area is 102 Å². The zero-order chi connectivity index (χ0) is 12.7. The Morgan fingerprint density at radius 2 is 2.00 bits per heavy atom. The number of carboxylic acid groups (broad SMARTS) is 1. The molecule has 0 aliphatic carbocycles. The van der Waals surface area contributed by atoms with Crippen LogP contribution >= 0.6 is 0 Å². The predicted molar refractivity (Wildman–Crippen MR) is 68.1 cm³/mol. The molecule has 0 bridgehead atoms. The first-order chi connectivity index (χ1) is 8.08. The molecule has 0 aliphatic heterocycles. The van der Waals surface area contributed by atoms with Crippen molar-refractivity contribution < 1.29 is 14.6 Å². The number of benzene rings is 1. The van der Waals surface area contributed by atoms with Crippen LogP contribution in [0.15, 0.2) is 30.3 Å². The van der Waals surface area contributed by atoms with Gasteiger partial charge >= 0.3 is 5.97 Å². The number of carboxylic acids is 1. The molecule has 0 radical (unpaired) electrons. The number of rotatable bonds is 6. The largest absolute Gasteiger partial charge is 0.494 e. The molecule has 17 heavy (non-hydrogen) atoms. The van der Waals surface area contributed by atoms with E-state index in [1.807, 2.05) is 24.3 Å². The van der Waals surface area contributed by atoms with Gasteiger partial charge in [-0.05, 0) is 36.1 Å². The molecule has 0 saturated carbocycles. The smallest absolute Gasteiger partial charge is 0.328 e. The molecule has 3 heteroatoms. The van der Waals surface area contributed by atoms with Crippen LogP contribution in [0, 0.1) is 5.92 Å². The maximum absolute atomic E-state index is 10.3. The van der Waals surface area contributed by atoms with Crippen molar-refractivity contribution in [2.24, 2.45) is 5.92 Å². The summed E-state index contributed by atoms with van der Waals surface area (Å²) >= 11 is 0. The van der Waals surface area contributed by atoms with Crippen molar-refractivity contribution in [1.29, 1.82) is 0 Å². The molecule has 0 amide bonds. The van der Waals surface area contributed by atoms with Gasteiger partial charge in [0.2, 0.25) is 0 Å². The zero-order valence-corrected chi connectivity index (χ0v) is 10.2. The lowest BCUT2D eigenvalue weighted by Crippen LogP contribution is -2.01. The summed E-state index contributed by atoms with van der Waals surface area (Å²) in [4.78, 5) is 10.3. The van der Waals surface area contributed by atoms with Gasteiger partial charge in [0.1, 0.15) is 5.75 Å². The number of carbonyl (C=O) groups is 1. The molecule has 92 valence electrons. The van der Waals surface area contributed by atoms with Crippen LogP contribution in [0.5, 0.6) is 5.75 Å². The monoisotopic (exact) mass is 234 g/mol. The standard InChI is InChI=1S/C14H18O3/c1-11(2)9-10-17-13-6-3-12(4-7-13)5-8-14(15)16/h3-8,11H,9-10H2,1-2H3,(H,15,16)/b8-5+. The molecule has 0 unspecified atom stereocenters. The summed E-state index contributed by atoms with van der Waals surface area (Å²) in [6.07, 6.45) is 3.70. The summed E-state index contributed by atoms with van der Waals surface area (Å²) in [5.74, 6) is 0.508. The zero-order valence-electron chi connectivity index (χ0n) is 10.2. The van der Waals surface area contributed by atoms with Crippen molar-refractivity contribution in [2.75, 3.05) is 6.61 Å². The second kappa shape index (κ2) is 6.74. The van der Waals surface area contributed by atoms with E-state index >= 15 is 0 Å². The number of aliphatic carboxylic acids is 1. The molecule has 1 aromatic carbocycles. The van der Waals surface area contributed by atoms with Crippen LogP contribution in [0.2, 0.25) is 0 Å². The third-order valence-electron chi connectivity index (χ3n) is 2.26. The first-order valence-electron chi connectivity index (χ1n) is 5.72. The van der Waals surface area contributed by atoms with Crippen LogP contribution in [-0.2, 0) is 4.79 Å². The van der Waals surface area contributed by atoms with Gasteiger partial charge in [0.25, 0.3) is 0 Å². The SMILES string of the molecule is CC(C)CCOc1ccc(/C=C/C(=O)O)cc1. The third kappa shape index (κ3) is 5.76.